The first-order chi connectivity index (χ1) is 14.8. The second kappa shape index (κ2) is 7.49. The van der Waals surface area contributed by atoms with Gasteiger partial charge in [0.2, 0.25) is 0 Å². The second-order valence-electron chi connectivity index (χ2n) is 6.72. The Bertz CT molecular complexity index is 1240. The molecule has 7 nitrogen and oxygen atoms in total. The number of H-pyrrole nitrogens is 1. The molecule has 4 rings (SSSR count). The Morgan fingerprint density at radius 2 is 1.71 bits per heavy atom. The molecule has 4 aromatic rings. The van der Waals surface area contributed by atoms with E-state index in [1.54, 1.807) is 39.3 Å². The molecule has 3 heterocycles. The molecule has 0 bridgehead atoms. The maximum atomic E-state index is 14.0. The zero-order valence-corrected chi connectivity index (χ0v) is 16.8. The lowest BCUT2D eigenvalue weighted by molar-refractivity contribution is -0.137. The van der Waals surface area contributed by atoms with Gasteiger partial charge < -0.3 is 21.0 Å². The second-order valence-corrected chi connectivity index (χ2v) is 6.72. The molecule has 0 spiro atoms. The van der Waals surface area contributed by atoms with Crippen LogP contribution in [0, 0.1) is 5.82 Å². The molecule has 1 aromatic carbocycles. The van der Waals surface area contributed by atoms with Gasteiger partial charge in [0.05, 0.1) is 16.8 Å². The van der Waals surface area contributed by atoms with Crippen molar-refractivity contribution in [1.82, 2.24) is 19.9 Å². The first-order valence-corrected chi connectivity index (χ1v) is 9.30. The van der Waals surface area contributed by atoms with Gasteiger partial charge in [0, 0.05) is 32.2 Å². The van der Waals surface area contributed by atoms with Crippen LogP contribution in [0.3, 0.4) is 0 Å². The van der Waals surface area contributed by atoms with E-state index in [4.69, 9.17) is 0 Å². The molecule has 31 heavy (non-hydrogen) atoms. The Morgan fingerprint density at radius 1 is 1.00 bits per heavy atom. The Labute approximate surface area is 174 Å². The van der Waals surface area contributed by atoms with Crippen molar-refractivity contribution in [2.24, 2.45) is 0 Å². The summed E-state index contributed by atoms with van der Waals surface area (Å²) < 4.78 is 55.3. The van der Waals surface area contributed by atoms with Crippen LogP contribution in [0.2, 0.25) is 0 Å². The molecule has 0 radical (unpaired) electrons. The number of halogens is 4. The number of aromatic nitrogens is 4. The summed E-state index contributed by atoms with van der Waals surface area (Å²) in [4.78, 5) is 8.69. The fourth-order valence-corrected chi connectivity index (χ4v) is 3.46. The summed E-state index contributed by atoms with van der Waals surface area (Å²) in [5, 5.41) is 10.2. The molecular weight excluding hydrogens is 414 g/mol. The quantitative estimate of drug-likeness (QED) is 0.348. The van der Waals surface area contributed by atoms with Crippen LogP contribution in [0.15, 0.2) is 36.4 Å². The molecule has 0 aliphatic carbocycles. The third kappa shape index (κ3) is 3.51. The number of aromatic amines is 1. The van der Waals surface area contributed by atoms with Gasteiger partial charge in [-0.3, -0.25) is 0 Å². The van der Waals surface area contributed by atoms with Gasteiger partial charge in [0.25, 0.3) is 0 Å². The minimum absolute atomic E-state index is 0.173. The number of rotatable bonds is 5. The lowest BCUT2D eigenvalue weighted by Crippen LogP contribution is -2.14. The Hall–Kier alpha value is -3.76. The predicted molar refractivity (Wildman–Crippen MR) is 112 cm³/mol. The van der Waals surface area contributed by atoms with Crippen molar-refractivity contribution in [2.45, 2.75) is 6.18 Å². The summed E-state index contributed by atoms with van der Waals surface area (Å²) in [5.41, 5.74) is 3.22. The molecule has 0 amide bonds. The van der Waals surface area contributed by atoms with Crippen molar-refractivity contribution in [3.63, 3.8) is 0 Å². The molecule has 3 aromatic heterocycles. The van der Waals surface area contributed by atoms with E-state index in [9.17, 15) is 17.6 Å². The highest BCUT2D eigenvalue weighted by molar-refractivity contribution is 5.91. The summed E-state index contributed by atoms with van der Waals surface area (Å²) in [6, 6.07) is 8.26. The van der Waals surface area contributed by atoms with Crippen molar-refractivity contribution >= 4 is 22.7 Å². The van der Waals surface area contributed by atoms with Gasteiger partial charge in [-0.05, 0) is 42.0 Å². The normalized spacial score (nSPS) is 11.7. The van der Waals surface area contributed by atoms with Crippen LogP contribution < -0.4 is 16.1 Å². The first kappa shape index (κ1) is 20.5. The molecule has 0 saturated carbocycles. The number of anilines is 2. The summed E-state index contributed by atoms with van der Waals surface area (Å²) >= 11 is 0. The van der Waals surface area contributed by atoms with Crippen LogP contribution in [0.1, 0.15) is 5.56 Å². The number of hydrogen-bond acceptors (Lipinski definition) is 5. The largest absolute Gasteiger partial charge is 0.418 e. The molecule has 0 unspecified atom stereocenters. The van der Waals surface area contributed by atoms with E-state index in [0.29, 0.717) is 17.1 Å². The minimum Gasteiger partial charge on any atom is -0.371 e. The van der Waals surface area contributed by atoms with E-state index >= 15 is 0 Å². The van der Waals surface area contributed by atoms with Crippen molar-refractivity contribution in [3.8, 4) is 22.5 Å². The zero-order valence-electron chi connectivity index (χ0n) is 16.8. The van der Waals surface area contributed by atoms with E-state index in [1.807, 2.05) is 0 Å². The van der Waals surface area contributed by atoms with Crippen LogP contribution in [-0.2, 0) is 6.18 Å². The zero-order chi connectivity index (χ0) is 22.3. The Kier molecular flexibility index (Phi) is 4.96. The van der Waals surface area contributed by atoms with Crippen LogP contribution in [0.5, 0.6) is 0 Å². The fourth-order valence-electron chi connectivity index (χ4n) is 3.46. The Morgan fingerprint density at radius 3 is 2.29 bits per heavy atom. The molecule has 4 N–H and O–H groups in total. The van der Waals surface area contributed by atoms with Gasteiger partial charge in [-0.2, -0.15) is 18.0 Å². The highest BCUT2D eigenvalue weighted by Crippen LogP contribution is 2.43. The predicted octanol–water partition coefficient (Wildman–Crippen LogP) is 4.51. The standard InChI is InChI=1S/C20H19F4N7/c1-25-18-15(19(26-2)31(27-3)30-18)16-13(20(22,23)24)8-11-9-14(28-17(11)29-16)10-4-6-12(21)7-5-10/h4-9,26-27H,1-3H3,(H,25,30)(H,28,29). The number of nitrogens with one attached hydrogen (secondary N) is 4. The molecule has 0 aliphatic rings. The average molecular weight is 433 g/mol. The number of nitrogens with zero attached hydrogens (tertiary/aromatic N) is 3. The fraction of sp³-hybridized carbons (Fsp3) is 0.200. The number of benzene rings is 1. The van der Waals surface area contributed by atoms with Crippen molar-refractivity contribution in [3.05, 3.63) is 47.8 Å². The van der Waals surface area contributed by atoms with Gasteiger partial charge in [0.15, 0.2) is 11.6 Å². The van der Waals surface area contributed by atoms with E-state index in [2.05, 4.69) is 31.1 Å². The monoisotopic (exact) mass is 433 g/mol. The van der Waals surface area contributed by atoms with Crippen molar-refractivity contribution in [1.29, 1.82) is 0 Å². The Balaban J connectivity index is 1.99. The molecule has 0 saturated heterocycles. The molecule has 162 valence electrons. The van der Waals surface area contributed by atoms with E-state index in [0.717, 1.165) is 6.07 Å². The van der Waals surface area contributed by atoms with Crippen LogP contribution >= 0.6 is 0 Å². The van der Waals surface area contributed by atoms with Crippen LogP contribution in [0.4, 0.5) is 29.2 Å². The third-order valence-electron chi connectivity index (χ3n) is 4.87. The average Bonchev–Trinajstić information content (AvgIpc) is 3.32. The lowest BCUT2D eigenvalue weighted by atomic mass is 10.0. The SMILES string of the molecule is CNc1nn(NC)c(NC)c1-c1nc2[nH]c(-c3ccc(F)cc3)cc2cc1C(F)(F)F. The number of pyridine rings is 1. The molecule has 0 aliphatic heterocycles. The van der Waals surface area contributed by atoms with E-state index in [-0.39, 0.29) is 28.1 Å². The molecular formula is C20H19F4N7. The number of hydrogen-bond donors (Lipinski definition) is 4. The maximum Gasteiger partial charge on any atom is 0.418 e. The molecule has 0 fully saturated rings. The number of alkyl halides is 3. The number of fused-ring (bicyclic) bond motifs is 1. The van der Waals surface area contributed by atoms with Crippen molar-refractivity contribution in [2.75, 3.05) is 37.2 Å². The lowest BCUT2D eigenvalue weighted by Gasteiger charge is -2.14. The summed E-state index contributed by atoms with van der Waals surface area (Å²) in [6.07, 6.45) is -4.65. The van der Waals surface area contributed by atoms with Gasteiger partial charge in [-0.1, -0.05) is 0 Å². The highest BCUT2D eigenvalue weighted by atomic mass is 19.4. The van der Waals surface area contributed by atoms with Crippen molar-refractivity contribution < 1.29 is 17.6 Å². The van der Waals surface area contributed by atoms with E-state index < -0.39 is 17.6 Å². The minimum atomic E-state index is -4.65. The van der Waals surface area contributed by atoms with Gasteiger partial charge in [-0.25, -0.2) is 9.37 Å². The van der Waals surface area contributed by atoms with Gasteiger partial charge in [-0.15, -0.1) is 5.10 Å². The van der Waals surface area contributed by atoms with Crippen LogP contribution in [0.25, 0.3) is 33.5 Å². The molecule has 0 atom stereocenters. The topological polar surface area (TPSA) is 82.6 Å². The first-order valence-electron chi connectivity index (χ1n) is 9.30. The smallest absolute Gasteiger partial charge is 0.371 e. The summed E-state index contributed by atoms with van der Waals surface area (Å²) in [7, 11) is 4.75. The van der Waals surface area contributed by atoms with Crippen LogP contribution in [-0.4, -0.2) is 41.0 Å². The van der Waals surface area contributed by atoms with E-state index in [1.165, 1.54) is 16.9 Å². The van der Waals surface area contributed by atoms with Gasteiger partial charge in [0.1, 0.15) is 11.5 Å². The van der Waals surface area contributed by atoms with Gasteiger partial charge >= 0.3 is 6.18 Å². The highest BCUT2D eigenvalue weighted by Gasteiger charge is 2.37. The molecule has 11 heteroatoms. The summed E-state index contributed by atoms with van der Waals surface area (Å²) in [6.45, 7) is 0. The summed E-state index contributed by atoms with van der Waals surface area (Å²) in [5.74, 6) is 0.135. The third-order valence-corrected chi connectivity index (χ3v) is 4.87. The maximum absolute atomic E-state index is 14.0.